The fourth-order valence-corrected chi connectivity index (χ4v) is 3.21. The van der Waals surface area contributed by atoms with Gasteiger partial charge in [-0.15, -0.1) is 5.10 Å². The van der Waals surface area contributed by atoms with Crippen LogP contribution in [0.15, 0.2) is 54.7 Å². The third kappa shape index (κ3) is 2.10. The zero-order chi connectivity index (χ0) is 16.9. The second-order valence-corrected chi connectivity index (χ2v) is 5.91. The first-order chi connectivity index (χ1) is 12.3. The summed E-state index contributed by atoms with van der Waals surface area (Å²) < 4.78 is 12.9. The summed E-state index contributed by atoms with van der Waals surface area (Å²) in [5, 5.41) is 11.2. The highest BCUT2D eigenvalue weighted by molar-refractivity contribution is 6.04. The average Bonchev–Trinajstić information content (AvgIpc) is 3.38. The van der Waals surface area contributed by atoms with Gasteiger partial charge in [-0.3, -0.25) is 4.79 Å². The largest absolute Gasteiger partial charge is 0.336 e. The van der Waals surface area contributed by atoms with Crippen molar-refractivity contribution in [3.63, 3.8) is 0 Å². The third-order valence-corrected chi connectivity index (χ3v) is 4.43. The van der Waals surface area contributed by atoms with E-state index in [-0.39, 0.29) is 5.91 Å². The van der Waals surface area contributed by atoms with Crippen LogP contribution in [0.4, 0.5) is 5.69 Å². The Kier molecular flexibility index (Phi) is 3.00. The number of carbonyl (C=O) groups excluding carboxylic acids is 1. The maximum atomic E-state index is 12.3. The minimum absolute atomic E-state index is 0.291. The molecule has 1 spiro atoms. The lowest BCUT2D eigenvalue weighted by Gasteiger charge is -2.19. The molecule has 0 bridgehead atoms. The van der Waals surface area contributed by atoms with Crippen molar-refractivity contribution in [2.75, 3.05) is 18.5 Å². The molecule has 1 aromatic heterocycles. The molecule has 0 saturated carbocycles. The quantitative estimate of drug-likeness (QED) is 0.776. The minimum Gasteiger partial charge on any atom is -0.336 e. The van der Waals surface area contributed by atoms with E-state index in [2.05, 4.69) is 15.6 Å². The normalized spacial score (nSPS) is 17.7. The summed E-state index contributed by atoms with van der Waals surface area (Å²) >= 11 is 0. The van der Waals surface area contributed by atoms with Gasteiger partial charge in [0.05, 0.1) is 30.8 Å². The fraction of sp³-hybridized carbons (Fsp3) is 0.167. The topological polar surface area (TPSA) is 78.3 Å². The number of ether oxygens (including phenoxy) is 2. The van der Waals surface area contributed by atoms with Crippen molar-refractivity contribution in [3.05, 3.63) is 60.3 Å². The number of nitrogens with zero attached hydrogens (tertiary/aromatic N) is 3. The molecule has 1 N–H and O–H groups in total. The first kappa shape index (κ1) is 14.3. The number of rotatable bonds is 2. The number of anilines is 1. The van der Waals surface area contributed by atoms with E-state index in [1.807, 2.05) is 54.7 Å². The summed E-state index contributed by atoms with van der Waals surface area (Å²) in [6, 6.07) is 15.4. The van der Waals surface area contributed by atoms with E-state index in [9.17, 15) is 4.79 Å². The van der Waals surface area contributed by atoms with Gasteiger partial charge in [0.25, 0.3) is 11.7 Å². The smallest absolute Gasteiger partial charge is 0.289 e. The number of hydrogen-bond acceptors (Lipinski definition) is 5. The Hall–Kier alpha value is -3.03. The Morgan fingerprint density at radius 3 is 2.68 bits per heavy atom. The summed E-state index contributed by atoms with van der Waals surface area (Å²) in [5.41, 5.74) is 3.91. The Bertz CT molecular complexity index is 961. The van der Waals surface area contributed by atoms with Crippen molar-refractivity contribution in [1.82, 2.24) is 15.0 Å². The van der Waals surface area contributed by atoms with Gasteiger partial charge in [-0.25, -0.2) is 4.68 Å². The van der Waals surface area contributed by atoms with Gasteiger partial charge in [-0.2, -0.15) is 0 Å². The number of benzene rings is 2. The maximum Gasteiger partial charge on any atom is 0.289 e. The molecule has 1 fully saturated rings. The van der Waals surface area contributed by atoms with Crippen molar-refractivity contribution >= 4 is 11.6 Å². The van der Waals surface area contributed by atoms with Crippen LogP contribution in [-0.4, -0.2) is 34.1 Å². The lowest BCUT2D eigenvalue weighted by molar-refractivity contribution is -0.178. The van der Waals surface area contributed by atoms with Gasteiger partial charge in [0.2, 0.25) is 0 Å². The molecule has 25 heavy (non-hydrogen) atoms. The van der Waals surface area contributed by atoms with E-state index in [0.29, 0.717) is 24.5 Å². The highest BCUT2D eigenvalue weighted by Crippen LogP contribution is 2.43. The van der Waals surface area contributed by atoms with Crippen LogP contribution < -0.4 is 5.32 Å². The molecule has 1 amide bonds. The Balaban J connectivity index is 1.56. The van der Waals surface area contributed by atoms with Crippen molar-refractivity contribution < 1.29 is 14.3 Å². The zero-order valence-electron chi connectivity index (χ0n) is 13.2. The monoisotopic (exact) mass is 334 g/mol. The van der Waals surface area contributed by atoms with Crippen LogP contribution in [0.1, 0.15) is 5.56 Å². The minimum atomic E-state index is -1.34. The Morgan fingerprint density at radius 2 is 1.88 bits per heavy atom. The van der Waals surface area contributed by atoms with E-state index in [0.717, 1.165) is 16.9 Å². The van der Waals surface area contributed by atoms with Crippen LogP contribution in [0.2, 0.25) is 0 Å². The molecular formula is C18H14N4O3. The number of nitrogens with one attached hydrogen (secondary N) is 1. The Labute approximate surface area is 143 Å². The molecule has 2 aliphatic heterocycles. The third-order valence-electron chi connectivity index (χ3n) is 4.43. The predicted molar refractivity (Wildman–Crippen MR) is 89.0 cm³/mol. The van der Waals surface area contributed by atoms with Gasteiger partial charge in [-0.05, 0) is 18.2 Å². The van der Waals surface area contributed by atoms with Crippen molar-refractivity contribution in [2.24, 2.45) is 0 Å². The van der Waals surface area contributed by atoms with Crippen LogP contribution >= 0.6 is 0 Å². The SMILES string of the molecule is O=C1Nc2ccc(-n3cc(-c4ccccc4)nn3)cc2C12OCCO2. The van der Waals surface area contributed by atoms with E-state index in [1.54, 1.807) is 4.68 Å². The van der Waals surface area contributed by atoms with Gasteiger partial charge in [-0.1, -0.05) is 35.5 Å². The first-order valence-electron chi connectivity index (χ1n) is 7.98. The van der Waals surface area contributed by atoms with Gasteiger partial charge >= 0.3 is 0 Å². The van der Waals surface area contributed by atoms with Crippen LogP contribution in [0.3, 0.4) is 0 Å². The van der Waals surface area contributed by atoms with E-state index in [4.69, 9.17) is 9.47 Å². The molecule has 7 heteroatoms. The number of fused-ring (bicyclic) bond motifs is 2. The highest BCUT2D eigenvalue weighted by Gasteiger charge is 2.52. The van der Waals surface area contributed by atoms with Crippen LogP contribution in [0.25, 0.3) is 16.9 Å². The lowest BCUT2D eigenvalue weighted by Crippen LogP contribution is -2.35. The summed E-state index contributed by atoms with van der Waals surface area (Å²) in [6.07, 6.45) is 1.85. The molecule has 0 unspecified atom stereocenters. The average molecular weight is 334 g/mol. The zero-order valence-corrected chi connectivity index (χ0v) is 13.2. The molecule has 3 heterocycles. The number of hydrogen-bond donors (Lipinski definition) is 1. The molecule has 7 nitrogen and oxygen atoms in total. The lowest BCUT2D eigenvalue weighted by atomic mass is 10.1. The first-order valence-corrected chi connectivity index (χ1v) is 7.98. The van der Waals surface area contributed by atoms with E-state index in [1.165, 1.54) is 0 Å². The van der Waals surface area contributed by atoms with Crippen LogP contribution in [0.5, 0.6) is 0 Å². The van der Waals surface area contributed by atoms with Crippen molar-refractivity contribution in [1.29, 1.82) is 0 Å². The van der Waals surface area contributed by atoms with Gasteiger partial charge in [0, 0.05) is 11.1 Å². The van der Waals surface area contributed by atoms with Crippen molar-refractivity contribution in [2.45, 2.75) is 5.79 Å². The molecule has 2 aliphatic rings. The molecular weight excluding hydrogens is 320 g/mol. The highest BCUT2D eigenvalue weighted by atomic mass is 16.7. The second kappa shape index (κ2) is 5.23. The molecule has 0 atom stereocenters. The van der Waals surface area contributed by atoms with E-state index >= 15 is 0 Å². The number of aromatic nitrogens is 3. The summed E-state index contributed by atoms with van der Waals surface area (Å²) in [5.74, 6) is -1.63. The second-order valence-electron chi connectivity index (χ2n) is 5.91. The van der Waals surface area contributed by atoms with Gasteiger partial charge in [0.1, 0.15) is 5.69 Å². The summed E-state index contributed by atoms with van der Waals surface area (Å²) in [6.45, 7) is 0.775. The van der Waals surface area contributed by atoms with Crippen LogP contribution in [0, 0.1) is 0 Å². The van der Waals surface area contributed by atoms with Crippen molar-refractivity contribution in [3.8, 4) is 16.9 Å². The molecule has 3 aromatic rings. The molecule has 5 rings (SSSR count). The van der Waals surface area contributed by atoms with E-state index < -0.39 is 5.79 Å². The number of carbonyl (C=O) groups is 1. The molecule has 0 radical (unpaired) electrons. The molecule has 124 valence electrons. The summed E-state index contributed by atoms with van der Waals surface area (Å²) in [4.78, 5) is 12.3. The standard InChI is InChI=1S/C18H14N4O3/c23-17-18(24-8-9-25-18)14-10-13(6-7-15(14)19-17)22-11-16(20-21-22)12-4-2-1-3-5-12/h1-7,10-11H,8-9H2,(H,19,23). The predicted octanol–water partition coefficient (Wildman–Crippen LogP) is 2.09. The molecule has 1 saturated heterocycles. The molecule has 0 aliphatic carbocycles. The van der Waals surface area contributed by atoms with Gasteiger partial charge in [0.15, 0.2) is 0 Å². The summed E-state index contributed by atoms with van der Waals surface area (Å²) in [7, 11) is 0. The fourth-order valence-electron chi connectivity index (χ4n) is 3.21. The van der Waals surface area contributed by atoms with Crippen LogP contribution in [-0.2, 0) is 20.1 Å². The number of amides is 1. The van der Waals surface area contributed by atoms with Gasteiger partial charge < -0.3 is 14.8 Å². The Morgan fingerprint density at radius 1 is 1.08 bits per heavy atom. The molecule has 2 aromatic carbocycles. The maximum absolute atomic E-state index is 12.3.